The number of hydrogen-bond acceptors (Lipinski definition) is 4. The number of imidazole rings is 1. The first-order chi connectivity index (χ1) is 13.9. The molecule has 8 nitrogen and oxygen atoms in total. The Morgan fingerprint density at radius 2 is 2.10 bits per heavy atom. The van der Waals surface area contributed by atoms with Crippen LogP contribution in [0.15, 0.2) is 29.1 Å². The van der Waals surface area contributed by atoms with Crippen LogP contribution in [0.3, 0.4) is 0 Å². The van der Waals surface area contributed by atoms with Gasteiger partial charge in [0.15, 0.2) is 5.72 Å². The third kappa shape index (κ3) is 2.58. The highest BCUT2D eigenvalue weighted by molar-refractivity contribution is 5.85. The van der Waals surface area contributed by atoms with E-state index in [0.29, 0.717) is 38.5 Å². The molecule has 3 fully saturated rings. The van der Waals surface area contributed by atoms with Crippen LogP contribution in [-0.4, -0.2) is 62.1 Å². The topological polar surface area (TPSA) is 87.6 Å². The van der Waals surface area contributed by atoms with E-state index in [-0.39, 0.29) is 36.0 Å². The third-order valence-corrected chi connectivity index (χ3v) is 6.81. The quantitative estimate of drug-likeness (QED) is 0.841. The number of ether oxygens (including phenoxy) is 1. The number of likely N-dealkylation sites (tertiary alicyclic amines) is 1. The van der Waals surface area contributed by atoms with E-state index in [2.05, 4.69) is 18.8 Å². The Labute approximate surface area is 168 Å². The van der Waals surface area contributed by atoms with Crippen LogP contribution in [0.4, 0.5) is 0 Å². The fourth-order valence-electron chi connectivity index (χ4n) is 5.35. The van der Waals surface area contributed by atoms with E-state index in [1.165, 1.54) is 0 Å². The monoisotopic (exact) mass is 398 g/mol. The first-order valence-electron chi connectivity index (χ1n) is 10.4. The van der Waals surface area contributed by atoms with Gasteiger partial charge in [0, 0.05) is 25.9 Å². The molecular formula is C21H26N4O4. The van der Waals surface area contributed by atoms with Crippen LogP contribution in [-0.2, 0) is 20.9 Å². The molecule has 2 aromatic rings. The summed E-state index contributed by atoms with van der Waals surface area (Å²) in [5.41, 5.74) is 0.697. The molecule has 3 saturated heterocycles. The van der Waals surface area contributed by atoms with Crippen LogP contribution in [0, 0.1) is 5.92 Å². The second-order valence-corrected chi connectivity index (χ2v) is 8.64. The lowest BCUT2D eigenvalue weighted by Crippen LogP contribution is -2.51. The molecule has 1 aromatic carbocycles. The molecule has 8 heteroatoms. The summed E-state index contributed by atoms with van der Waals surface area (Å²) in [6.07, 6.45) is 1.20. The summed E-state index contributed by atoms with van der Waals surface area (Å²) in [7, 11) is 0. The number of fused-ring (bicyclic) bond motifs is 1. The third-order valence-electron chi connectivity index (χ3n) is 6.81. The number of amides is 2. The molecule has 0 saturated carbocycles. The minimum Gasteiger partial charge on any atom is -0.351 e. The second-order valence-electron chi connectivity index (χ2n) is 8.64. The van der Waals surface area contributed by atoms with Crippen molar-refractivity contribution in [1.29, 1.82) is 0 Å². The molecule has 3 aliphatic rings. The summed E-state index contributed by atoms with van der Waals surface area (Å²) in [5.74, 6) is 0.363. The lowest BCUT2D eigenvalue weighted by molar-refractivity contribution is -0.141. The number of aromatic amines is 1. The van der Waals surface area contributed by atoms with Gasteiger partial charge in [0.25, 0.3) is 0 Å². The number of aryl methyl sites for hydroxylation is 1. The summed E-state index contributed by atoms with van der Waals surface area (Å²) in [6.45, 7) is 5.63. The molecule has 29 heavy (non-hydrogen) atoms. The number of carbonyl (C=O) groups excluding carboxylic acids is 2. The highest BCUT2D eigenvalue weighted by Gasteiger charge is 2.65. The average molecular weight is 398 g/mol. The maximum atomic E-state index is 13.1. The van der Waals surface area contributed by atoms with Crippen molar-refractivity contribution in [3.63, 3.8) is 0 Å². The maximum absolute atomic E-state index is 13.1. The number of nitrogens with zero attached hydrogens (tertiary/aromatic N) is 3. The van der Waals surface area contributed by atoms with Crippen LogP contribution in [0.2, 0.25) is 0 Å². The summed E-state index contributed by atoms with van der Waals surface area (Å²) in [6, 6.07) is 7.30. The van der Waals surface area contributed by atoms with Gasteiger partial charge in [-0.15, -0.1) is 0 Å². The molecule has 4 heterocycles. The Balaban J connectivity index is 1.34. The molecule has 154 valence electrons. The van der Waals surface area contributed by atoms with Gasteiger partial charge < -0.3 is 19.5 Å². The van der Waals surface area contributed by atoms with Gasteiger partial charge >= 0.3 is 5.69 Å². The van der Waals surface area contributed by atoms with Crippen LogP contribution in [0.1, 0.15) is 33.1 Å². The smallest absolute Gasteiger partial charge is 0.326 e. The van der Waals surface area contributed by atoms with Gasteiger partial charge in [-0.2, -0.15) is 0 Å². The van der Waals surface area contributed by atoms with Crippen molar-refractivity contribution in [2.45, 2.75) is 57.5 Å². The van der Waals surface area contributed by atoms with E-state index < -0.39 is 5.72 Å². The number of rotatable bonds is 4. The lowest BCUT2D eigenvalue weighted by Gasteiger charge is -2.34. The number of hydrogen-bond donors (Lipinski definition) is 1. The van der Waals surface area contributed by atoms with Crippen molar-refractivity contribution in [3.05, 3.63) is 34.7 Å². The van der Waals surface area contributed by atoms with Gasteiger partial charge in [-0.1, -0.05) is 26.0 Å². The summed E-state index contributed by atoms with van der Waals surface area (Å²) < 4.78 is 7.79. The molecular weight excluding hydrogens is 372 g/mol. The van der Waals surface area contributed by atoms with Crippen molar-refractivity contribution in [2.75, 3.05) is 13.2 Å². The maximum Gasteiger partial charge on any atom is 0.326 e. The zero-order chi connectivity index (χ0) is 20.3. The molecule has 2 amide bonds. The van der Waals surface area contributed by atoms with Crippen LogP contribution >= 0.6 is 0 Å². The first kappa shape index (κ1) is 18.4. The number of benzene rings is 1. The molecule has 1 aromatic heterocycles. The first-order valence-corrected chi connectivity index (χ1v) is 10.4. The molecule has 0 aliphatic carbocycles. The molecule has 1 N–H and O–H groups in total. The van der Waals surface area contributed by atoms with Crippen LogP contribution in [0.5, 0.6) is 0 Å². The van der Waals surface area contributed by atoms with Crippen molar-refractivity contribution >= 4 is 22.8 Å². The standard InChI is InChI=1S/C21H26N4O4/c1-13(2)16-12-29-21-8-10-24(17(21)11-19(27)25(16)21)18(26)7-9-23-15-6-4-3-5-14(15)22-20(23)28/h3-6,13,16-17H,7-12H2,1-2H3,(H,22,28)/t16-,17+,21-/m0/s1. The average Bonchev–Trinajstić information content (AvgIpc) is 3.39. The minimum atomic E-state index is -0.653. The SMILES string of the molecule is CC(C)[C@@H]1CO[C@@]23CCN(C(=O)CCn4c(=O)[nH]c5ccccc54)[C@@H]2CC(=O)N13. The molecule has 1 spiro atoms. The van der Waals surface area contributed by atoms with E-state index in [1.54, 1.807) is 9.47 Å². The number of para-hydroxylation sites is 2. The van der Waals surface area contributed by atoms with Gasteiger partial charge in [-0.25, -0.2) is 4.79 Å². The van der Waals surface area contributed by atoms with E-state index in [1.807, 2.05) is 29.2 Å². The summed E-state index contributed by atoms with van der Waals surface area (Å²) in [5, 5.41) is 0. The lowest BCUT2D eigenvalue weighted by atomic mass is 10.0. The molecule has 3 aliphatic heterocycles. The van der Waals surface area contributed by atoms with E-state index in [9.17, 15) is 14.4 Å². The Kier molecular flexibility index (Phi) is 4.10. The highest BCUT2D eigenvalue weighted by atomic mass is 16.5. The number of carbonyl (C=O) groups is 2. The second kappa shape index (κ2) is 6.45. The number of nitrogens with one attached hydrogen (secondary N) is 1. The van der Waals surface area contributed by atoms with E-state index in [0.717, 1.165) is 11.0 Å². The van der Waals surface area contributed by atoms with E-state index in [4.69, 9.17) is 4.74 Å². The Morgan fingerprint density at radius 1 is 1.31 bits per heavy atom. The Morgan fingerprint density at radius 3 is 2.90 bits per heavy atom. The van der Waals surface area contributed by atoms with Gasteiger partial charge in [-0.3, -0.25) is 14.2 Å². The summed E-state index contributed by atoms with van der Waals surface area (Å²) in [4.78, 5) is 44.6. The zero-order valence-corrected chi connectivity index (χ0v) is 16.8. The molecule has 0 radical (unpaired) electrons. The van der Waals surface area contributed by atoms with Crippen molar-refractivity contribution in [1.82, 2.24) is 19.4 Å². The normalized spacial score (nSPS) is 28.6. The number of H-pyrrole nitrogens is 1. The largest absolute Gasteiger partial charge is 0.351 e. The van der Waals surface area contributed by atoms with Crippen molar-refractivity contribution < 1.29 is 14.3 Å². The Bertz CT molecular complexity index is 1040. The van der Waals surface area contributed by atoms with Gasteiger partial charge in [0.1, 0.15) is 0 Å². The highest BCUT2D eigenvalue weighted by Crippen LogP contribution is 2.48. The Hall–Kier alpha value is -2.61. The fourth-order valence-corrected chi connectivity index (χ4v) is 5.35. The fraction of sp³-hybridized carbons (Fsp3) is 0.571. The van der Waals surface area contributed by atoms with Crippen molar-refractivity contribution in [2.24, 2.45) is 5.92 Å². The van der Waals surface area contributed by atoms with Gasteiger partial charge in [0.05, 0.1) is 36.1 Å². The molecule has 0 unspecified atom stereocenters. The van der Waals surface area contributed by atoms with Crippen LogP contribution < -0.4 is 5.69 Å². The number of aromatic nitrogens is 2. The zero-order valence-electron chi connectivity index (χ0n) is 16.8. The molecule has 3 atom stereocenters. The van der Waals surface area contributed by atoms with Crippen molar-refractivity contribution in [3.8, 4) is 0 Å². The predicted octanol–water partition coefficient (Wildman–Crippen LogP) is 1.30. The predicted molar refractivity (Wildman–Crippen MR) is 106 cm³/mol. The minimum absolute atomic E-state index is 0.0321. The van der Waals surface area contributed by atoms with E-state index >= 15 is 0 Å². The molecule has 5 rings (SSSR count). The molecule has 0 bridgehead atoms. The van der Waals surface area contributed by atoms with Crippen LogP contribution in [0.25, 0.3) is 11.0 Å². The van der Waals surface area contributed by atoms with Gasteiger partial charge in [0.2, 0.25) is 11.8 Å². The summed E-state index contributed by atoms with van der Waals surface area (Å²) >= 11 is 0. The van der Waals surface area contributed by atoms with Gasteiger partial charge in [-0.05, 0) is 18.1 Å².